The summed E-state index contributed by atoms with van der Waals surface area (Å²) >= 11 is 11.7. The molecule has 0 spiro atoms. The van der Waals surface area contributed by atoms with E-state index in [9.17, 15) is 9.59 Å². The quantitative estimate of drug-likeness (QED) is 0.617. The molecule has 2 aromatic rings. The van der Waals surface area contributed by atoms with Gasteiger partial charge in [-0.25, -0.2) is 0 Å². The van der Waals surface area contributed by atoms with Crippen LogP contribution < -0.4 is 15.6 Å². The molecule has 0 fully saturated rings. The molecule has 0 aliphatic heterocycles. The lowest BCUT2D eigenvalue weighted by atomic mass is 10.1. The van der Waals surface area contributed by atoms with E-state index in [0.717, 1.165) is 11.1 Å². The summed E-state index contributed by atoms with van der Waals surface area (Å²) in [5.41, 5.74) is 6.53. The number of hydrazine groups is 1. The molecule has 2 rings (SSSR count). The average molecular weight is 379 g/mol. The number of halogens is 2. The third kappa shape index (κ3) is 6.49. The zero-order valence-corrected chi connectivity index (χ0v) is 14.9. The Kier molecular flexibility index (Phi) is 6.86. The van der Waals surface area contributed by atoms with Crippen LogP contribution in [-0.2, 0) is 9.59 Å². The van der Waals surface area contributed by atoms with Crippen molar-refractivity contribution >= 4 is 41.1 Å². The minimum atomic E-state index is -0.525. The van der Waals surface area contributed by atoms with E-state index >= 15 is 0 Å². The van der Waals surface area contributed by atoms with Gasteiger partial charge in [-0.15, -0.1) is 0 Å². The summed E-state index contributed by atoms with van der Waals surface area (Å²) < 4.78 is 5.25. The maximum absolute atomic E-state index is 11.7. The summed E-state index contributed by atoms with van der Waals surface area (Å²) in [7, 11) is 0. The number of benzene rings is 2. The molecule has 2 N–H and O–H groups in total. The van der Waals surface area contributed by atoms with Crippen LogP contribution in [0.1, 0.15) is 11.1 Å². The van der Waals surface area contributed by atoms with Crippen LogP contribution in [0, 0.1) is 6.92 Å². The highest BCUT2D eigenvalue weighted by atomic mass is 35.5. The summed E-state index contributed by atoms with van der Waals surface area (Å²) in [6, 6.07) is 12.3. The minimum absolute atomic E-state index is 0.297. The SMILES string of the molecule is Cc1ccc(/C=C/C(=O)NNC(=O)COc2ccc(Cl)cc2Cl)cc1. The van der Waals surface area contributed by atoms with Gasteiger partial charge in [0.05, 0.1) is 5.02 Å². The maximum atomic E-state index is 11.7. The molecule has 0 aliphatic rings. The first-order valence-corrected chi connectivity index (χ1v) is 8.11. The zero-order chi connectivity index (χ0) is 18.2. The molecule has 130 valence electrons. The summed E-state index contributed by atoms with van der Waals surface area (Å²) in [6.07, 6.45) is 2.97. The van der Waals surface area contributed by atoms with Crippen molar-refractivity contribution in [1.82, 2.24) is 10.9 Å². The Balaban J connectivity index is 1.75. The lowest BCUT2D eigenvalue weighted by Gasteiger charge is -2.09. The topological polar surface area (TPSA) is 67.4 Å². The summed E-state index contributed by atoms with van der Waals surface area (Å²) in [5, 5.41) is 0.764. The van der Waals surface area contributed by atoms with Crippen molar-refractivity contribution in [3.8, 4) is 5.75 Å². The van der Waals surface area contributed by atoms with Gasteiger partial charge in [0.25, 0.3) is 11.8 Å². The van der Waals surface area contributed by atoms with Crippen LogP contribution in [-0.4, -0.2) is 18.4 Å². The monoisotopic (exact) mass is 378 g/mol. The first-order chi connectivity index (χ1) is 11.9. The third-order valence-corrected chi connectivity index (χ3v) is 3.61. The van der Waals surface area contributed by atoms with Crippen LogP contribution in [0.3, 0.4) is 0 Å². The number of amides is 2. The molecule has 25 heavy (non-hydrogen) atoms. The Bertz CT molecular complexity index is 789. The van der Waals surface area contributed by atoms with E-state index in [0.29, 0.717) is 15.8 Å². The summed E-state index contributed by atoms with van der Waals surface area (Å²) in [6.45, 7) is 1.68. The molecule has 0 atom stereocenters. The lowest BCUT2D eigenvalue weighted by molar-refractivity contribution is -0.128. The van der Waals surface area contributed by atoms with Gasteiger partial charge in [0.1, 0.15) is 5.75 Å². The number of hydrogen-bond donors (Lipinski definition) is 2. The van der Waals surface area contributed by atoms with Gasteiger partial charge < -0.3 is 4.74 Å². The van der Waals surface area contributed by atoms with Crippen LogP contribution in [0.15, 0.2) is 48.5 Å². The number of rotatable bonds is 5. The van der Waals surface area contributed by atoms with Crippen molar-refractivity contribution in [3.63, 3.8) is 0 Å². The predicted octanol–water partition coefficient (Wildman–Crippen LogP) is 3.54. The Hall–Kier alpha value is -2.50. The standard InChI is InChI=1S/C18H16Cl2N2O3/c1-12-2-4-13(5-3-12)6-9-17(23)21-22-18(24)11-25-16-8-7-14(19)10-15(16)20/h2-10H,11H2,1H3,(H,21,23)(H,22,24)/b9-6+. The highest BCUT2D eigenvalue weighted by molar-refractivity contribution is 6.35. The number of carbonyl (C=O) groups excluding carboxylic acids is 2. The Morgan fingerprint density at radius 3 is 2.48 bits per heavy atom. The minimum Gasteiger partial charge on any atom is -0.482 e. The molecule has 5 nitrogen and oxygen atoms in total. The molecule has 0 radical (unpaired) electrons. The Morgan fingerprint density at radius 2 is 1.80 bits per heavy atom. The van der Waals surface area contributed by atoms with E-state index in [1.807, 2.05) is 31.2 Å². The van der Waals surface area contributed by atoms with Gasteiger partial charge in [0.15, 0.2) is 6.61 Å². The van der Waals surface area contributed by atoms with E-state index in [1.54, 1.807) is 18.2 Å². The van der Waals surface area contributed by atoms with Crippen molar-refractivity contribution < 1.29 is 14.3 Å². The molecule has 0 aliphatic carbocycles. The van der Waals surface area contributed by atoms with Crippen molar-refractivity contribution in [1.29, 1.82) is 0 Å². The van der Waals surface area contributed by atoms with Gasteiger partial charge >= 0.3 is 0 Å². The third-order valence-electron chi connectivity index (χ3n) is 3.08. The van der Waals surface area contributed by atoms with Gasteiger partial charge in [0, 0.05) is 11.1 Å². The van der Waals surface area contributed by atoms with Crippen LogP contribution in [0.5, 0.6) is 5.75 Å². The fourth-order valence-corrected chi connectivity index (χ4v) is 2.26. The lowest BCUT2D eigenvalue weighted by Crippen LogP contribution is -2.43. The smallest absolute Gasteiger partial charge is 0.276 e. The van der Waals surface area contributed by atoms with E-state index in [1.165, 1.54) is 12.1 Å². The second kappa shape index (κ2) is 9.11. The second-order valence-corrected chi connectivity index (χ2v) is 5.99. The number of ether oxygens (including phenoxy) is 1. The molecule has 2 amide bonds. The van der Waals surface area contributed by atoms with E-state index in [4.69, 9.17) is 27.9 Å². The predicted molar refractivity (Wildman–Crippen MR) is 98.5 cm³/mol. The van der Waals surface area contributed by atoms with E-state index in [2.05, 4.69) is 10.9 Å². The van der Waals surface area contributed by atoms with Crippen molar-refractivity contribution in [2.75, 3.05) is 6.61 Å². The van der Waals surface area contributed by atoms with Crippen LogP contribution in [0.2, 0.25) is 10.0 Å². The highest BCUT2D eigenvalue weighted by Crippen LogP contribution is 2.27. The average Bonchev–Trinajstić information content (AvgIpc) is 2.58. The van der Waals surface area contributed by atoms with Crippen molar-refractivity contribution in [2.24, 2.45) is 0 Å². The van der Waals surface area contributed by atoms with Gasteiger partial charge in [-0.2, -0.15) is 0 Å². The normalized spacial score (nSPS) is 10.5. The van der Waals surface area contributed by atoms with E-state index in [-0.39, 0.29) is 6.61 Å². The Labute approximate surface area is 155 Å². The molecular weight excluding hydrogens is 363 g/mol. The van der Waals surface area contributed by atoms with Gasteiger partial charge in [0.2, 0.25) is 0 Å². The second-order valence-electron chi connectivity index (χ2n) is 5.14. The maximum Gasteiger partial charge on any atom is 0.276 e. The number of aryl methyl sites for hydroxylation is 1. The molecule has 2 aromatic carbocycles. The molecule has 7 heteroatoms. The van der Waals surface area contributed by atoms with E-state index < -0.39 is 11.8 Å². The first-order valence-electron chi connectivity index (χ1n) is 7.35. The molecule has 0 unspecified atom stereocenters. The fourth-order valence-electron chi connectivity index (χ4n) is 1.79. The number of carbonyl (C=O) groups is 2. The van der Waals surface area contributed by atoms with Crippen molar-refractivity contribution in [2.45, 2.75) is 6.92 Å². The molecule has 0 saturated heterocycles. The largest absolute Gasteiger partial charge is 0.482 e. The zero-order valence-electron chi connectivity index (χ0n) is 13.4. The molecule has 0 aromatic heterocycles. The summed E-state index contributed by atoms with van der Waals surface area (Å²) in [5.74, 6) is -0.659. The van der Waals surface area contributed by atoms with Crippen LogP contribution in [0.4, 0.5) is 0 Å². The van der Waals surface area contributed by atoms with Gasteiger partial charge in [-0.1, -0.05) is 53.0 Å². The van der Waals surface area contributed by atoms with Gasteiger partial charge in [-0.3, -0.25) is 20.4 Å². The molecule has 0 saturated carbocycles. The number of hydrogen-bond acceptors (Lipinski definition) is 3. The highest BCUT2D eigenvalue weighted by Gasteiger charge is 2.07. The fraction of sp³-hybridized carbons (Fsp3) is 0.111. The van der Waals surface area contributed by atoms with Crippen molar-refractivity contribution in [3.05, 3.63) is 69.7 Å². The number of nitrogens with one attached hydrogen (secondary N) is 2. The molecule has 0 bridgehead atoms. The Morgan fingerprint density at radius 1 is 1.08 bits per heavy atom. The van der Waals surface area contributed by atoms with Crippen LogP contribution in [0.25, 0.3) is 6.08 Å². The summed E-state index contributed by atoms with van der Waals surface area (Å²) in [4.78, 5) is 23.3. The first kappa shape index (κ1) is 18.8. The molecular formula is C18H16Cl2N2O3. The molecule has 0 heterocycles. The van der Waals surface area contributed by atoms with Crippen LogP contribution >= 0.6 is 23.2 Å². The van der Waals surface area contributed by atoms with Gasteiger partial charge in [-0.05, 0) is 36.8 Å².